The van der Waals surface area contributed by atoms with Crippen LogP contribution in [0.3, 0.4) is 0 Å². The molecule has 0 unspecified atom stereocenters. The van der Waals surface area contributed by atoms with E-state index in [1.54, 1.807) is 29.9 Å². The maximum atomic E-state index is 13.3. The lowest BCUT2D eigenvalue weighted by molar-refractivity contribution is 0.466. The molecule has 8 heteroatoms. The molecule has 2 aromatic heterocycles. The molecule has 0 spiro atoms. The van der Waals surface area contributed by atoms with Gasteiger partial charge in [-0.3, -0.25) is 19.3 Å². The number of nitrogens with one attached hydrogen (secondary N) is 2. The Balaban J connectivity index is 1.39. The van der Waals surface area contributed by atoms with Gasteiger partial charge < -0.3 is 5.32 Å². The van der Waals surface area contributed by atoms with Gasteiger partial charge in [-0.2, -0.15) is 4.39 Å². The third-order valence-corrected chi connectivity index (χ3v) is 6.12. The smallest absolute Gasteiger partial charge is 0.265 e. The van der Waals surface area contributed by atoms with Gasteiger partial charge in [-0.15, -0.1) is 0 Å². The Morgan fingerprint density at radius 2 is 2.03 bits per heavy atom. The molecule has 0 radical (unpaired) electrons. The van der Waals surface area contributed by atoms with E-state index in [2.05, 4.69) is 15.3 Å². The Morgan fingerprint density at radius 3 is 2.81 bits per heavy atom. The molecule has 2 aliphatic rings. The van der Waals surface area contributed by atoms with E-state index in [4.69, 9.17) is 5.41 Å². The third kappa shape index (κ3) is 3.37. The number of nitrogens with zero attached hydrogens (tertiary/aromatic N) is 4. The second kappa shape index (κ2) is 7.61. The zero-order valence-electron chi connectivity index (χ0n) is 17.2. The first-order valence-corrected chi connectivity index (χ1v) is 10.4. The van der Waals surface area contributed by atoms with Crippen LogP contribution in [0.1, 0.15) is 30.9 Å². The second-order valence-electron chi connectivity index (χ2n) is 8.06. The second-order valence-corrected chi connectivity index (χ2v) is 8.06. The quantitative estimate of drug-likeness (QED) is 0.623. The molecule has 31 heavy (non-hydrogen) atoms. The molecule has 5 rings (SSSR count). The van der Waals surface area contributed by atoms with Crippen LogP contribution in [0.15, 0.2) is 52.3 Å². The fourth-order valence-electron chi connectivity index (χ4n) is 4.51. The molecule has 1 aliphatic carbocycles. The standard InChI is InChI=1S/C23H23FN6O/c1-29-22(31)16(21(25)30-19-6-2-5-18(19)28-23(29)30)13-26-12-14-8-10-15(11-9-14)17-4-3-7-20(24)27-17/h3-4,7-11,13,18-19,25-26H,2,5-6,12H2,1H3/b16-13+,25-21?/t18-,19+/m1/s1. The summed E-state index contributed by atoms with van der Waals surface area (Å²) in [6, 6.07) is 12.7. The fraction of sp³-hybridized carbons (Fsp3) is 0.304. The number of hydrogen-bond donors (Lipinski definition) is 2. The van der Waals surface area contributed by atoms with Crippen LogP contribution in [0, 0.1) is 11.4 Å². The number of fused-ring (bicyclic) bond motifs is 3. The van der Waals surface area contributed by atoms with Gasteiger partial charge in [0.25, 0.3) is 5.56 Å². The van der Waals surface area contributed by atoms with Crippen molar-refractivity contribution in [2.45, 2.75) is 37.9 Å². The van der Waals surface area contributed by atoms with Crippen LogP contribution in [0.5, 0.6) is 0 Å². The van der Waals surface area contributed by atoms with Gasteiger partial charge in [-0.25, -0.2) is 9.98 Å². The molecule has 158 valence electrons. The van der Waals surface area contributed by atoms with Crippen LogP contribution in [0.2, 0.25) is 0 Å². The Morgan fingerprint density at radius 1 is 1.23 bits per heavy atom. The minimum atomic E-state index is -0.505. The van der Waals surface area contributed by atoms with Crippen molar-refractivity contribution < 1.29 is 4.39 Å². The summed E-state index contributed by atoms with van der Waals surface area (Å²) < 4.78 is 16.8. The van der Waals surface area contributed by atoms with E-state index in [9.17, 15) is 9.18 Å². The maximum Gasteiger partial charge on any atom is 0.265 e. The summed E-state index contributed by atoms with van der Waals surface area (Å²) in [5.74, 6) is -0.505. The Kier molecular flexibility index (Phi) is 4.77. The topological polar surface area (TPSA) is 88.1 Å². The van der Waals surface area contributed by atoms with E-state index in [1.165, 1.54) is 6.07 Å². The summed E-state index contributed by atoms with van der Waals surface area (Å²) in [5.41, 5.74) is 3.01. The van der Waals surface area contributed by atoms with Crippen molar-refractivity contribution in [3.63, 3.8) is 0 Å². The normalized spacial score (nSPS) is 19.7. The van der Waals surface area contributed by atoms with E-state index in [0.29, 0.717) is 23.1 Å². The van der Waals surface area contributed by atoms with Crippen molar-refractivity contribution >= 4 is 6.20 Å². The summed E-state index contributed by atoms with van der Waals surface area (Å²) in [6.45, 7) is 0.498. The van der Waals surface area contributed by atoms with Crippen molar-refractivity contribution in [2.75, 3.05) is 0 Å². The summed E-state index contributed by atoms with van der Waals surface area (Å²) in [5, 5.41) is 12.1. The van der Waals surface area contributed by atoms with Crippen LogP contribution in [-0.4, -0.2) is 20.2 Å². The molecule has 0 amide bonds. The van der Waals surface area contributed by atoms with Crippen LogP contribution in [0.4, 0.5) is 4.39 Å². The lowest BCUT2D eigenvalue weighted by Crippen LogP contribution is -2.57. The highest BCUT2D eigenvalue weighted by Gasteiger charge is 2.34. The number of halogens is 1. The number of aromatic nitrogens is 3. The van der Waals surface area contributed by atoms with Crippen molar-refractivity contribution in [3.8, 4) is 11.3 Å². The van der Waals surface area contributed by atoms with E-state index in [-0.39, 0.29) is 23.1 Å². The highest BCUT2D eigenvalue weighted by molar-refractivity contribution is 5.59. The van der Waals surface area contributed by atoms with Gasteiger partial charge >= 0.3 is 0 Å². The molecule has 2 atom stereocenters. The van der Waals surface area contributed by atoms with E-state index in [1.807, 2.05) is 28.8 Å². The fourth-order valence-corrected chi connectivity index (χ4v) is 4.51. The maximum absolute atomic E-state index is 13.3. The van der Waals surface area contributed by atoms with E-state index < -0.39 is 5.95 Å². The van der Waals surface area contributed by atoms with E-state index >= 15 is 0 Å². The van der Waals surface area contributed by atoms with Gasteiger partial charge in [0.2, 0.25) is 11.6 Å². The van der Waals surface area contributed by atoms with Gasteiger partial charge in [0, 0.05) is 25.4 Å². The SMILES string of the molecule is Cn1c(=O)/c(=C/NCc2ccc(-c3cccc(F)n3)cc2)c(=N)n2c1=N[C@@H]1CCC[C@@H]12. The zero-order chi connectivity index (χ0) is 21.5. The van der Waals surface area contributed by atoms with Crippen LogP contribution in [0.25, 0.3) is 17.5 Å². The van der Waals surface area contributed by atoms with Crippen molar-refractivity contribution in [2.24, 2.45) is 12.0 Å². The first-order valence-electron chi connectivity index (χ1n) is 10.4. The predicted molar refractivity (Wildman–Crippen MR) is 114 cm³/mol. The average molecular weight is 418 g/mol. The Labute approximate surface area is 177 Å². The Bertz CT molecular complexity index is 1390. The summed E-state index contributed by atoms with van der Waals surface area (Å²) in [6.07, 6.45) is 4.74. The molecule has 1 aliphatic heterocycles. The van der Waals surface area contributed by atoms with Gasteiger partial charge in [0.1, 0.15) is 5.49 Å². The average Bonchev–Trinajstić information content (AvgIpc) is 3.36. The molecular weight excluding hydrogens is 395 g/mol. The highest BCUT2D eigenvalue weighted by atomic mass is 19.1. The summed E-state index contributed by atoms with van der Waals surface area (Å²) in [4.78, 5) is 21.4. The molecule has 0 saturated heterocycles. The predicted octanol–water partition coefficient (Wildman–Crippen LogP) is 1.12. The van der Waals surface area contributed by atoms with Gasteiger partial charge in [0.05, 0.1) is 23.0 Å². The summed E-state index contributed by atoms with van der Waals surface area (Å²) >= 11 is 0. The Hall–Kier alpha value is -3.55. The van der Waals surface area contributed by atoms with Crippen LogP contribution < -0.4 is 27.2 Å². The van der Waals surface area contributed by atoms with Gasteiger partial charge in [-0.1, -0.05) is 30.3 Å². The molecule has 1 saturated carbocycles. The van der Waals surface area contributed by atoms with Crippen molar-refractivity contribution in [3.05, 3.63) is 80.7 Å². The lowest BCUT2D eigenvalue weighted by atomic mass is 10.1. The largest absolute Gasteiger partial charge is 0.386 e. The first kappa shape index (κ1) is 19.4. The number of hydrogen-bond acceptors (Lipinski definition) is 5. The van der Waals surface area contributed by atoms with Gasteiger partial charge in [-0.05, 0) is 37.0 Å². The highest BCUT2D eigenvalue weighted by Crippen LogP contribution is 2.32. The van der Waals surface area contributed by atoms with Crippen molar-refractivity contribution in [1.29, 1.82) is 5.41 Å². The van der Waals surface area contributed by atoms with E-state index in [0.717, 1.165) is 30.4 Å². The minimum Gasteiger partial charge on any atom is -0.386 e. The zero-order valence-corrected chi connectivity index (χ0v) is 17.2. The molecule has 3 heterocycles. The molecule has 3 aromatic rings. The number of rotatable bonds is 4. The van der Waals surface area contributed by atoms with Gasteiger partial charge in [0.15, 0.2) is 0 Å². The first-order chi connectivity index (χ1) is 15.0. The molecule has 7 nitrogen and oxygen atoms in total. The minimum absolute atomic E-state index is 0.184. The number of benzene rings is 1. The molecule has 1 fully saturated rings. The monoisotopic (exact) mass is 418 g/mol. The van der Waals surface area contributed by atoms with Crippen molar-refractivity contribution in [1.82, 2.24) is 19.4 Å². The molecular formula is C23H23FN6O. The lowest BCUT2D eigenvalue weighted by Gasteiger charge is -2.13. The number of pyridine rings is 1. The van der Waals surface area contributed by atoms with Crippen LogP contribution >= 0.6 is 0 Å². The molecule has 2 N–H and O–H groups in total. The van der Waals surface area contributed by atoms with Crippen LogP contribution in [-0.2, 0) is 13.6 Å². The molecule has 1 aromatic carbocycles. The summed E-state index contributed by atoms with van der Waals surface area (Å²) in [7, 11) is 1.72. The third-order valence-electron chi connectivity index (χ3n) is 6.12. The molecule has 0 bridgehead atoms.